The zero-order chi connectivity index (χ0) is 8.93. The van der Waals surface area contributed by atoms with Gasteiger partial charge in [-0.3, -0.25) is 4.90 Å². The monoisotopic (exact) mass is 183 g/mol. The Morgan fingerprint density at radius 2 is 1.62 bits per heavy atom. The van der Waals surface area contributed by atoms with Gasteiger partial charge in [-0.25, -0.2) is 0 Å². The summed E-state index contributed by atoms with van der Waals surface area (Å²) in [5.41, 5.74) is 0. The minimum atomic E-state index is 0.470. The maximum absolute atomic E-state index is 5.71. The molecule has 76 valence electrons. The first-order chi connectivity index (χ1) is 6.47. The molecule has 2 saturated heterocycles. The summed E-state index contributed by atoms with van der Waals surface area (Å²) in [5, 5.41) is 0. The third-order valence-corrected chi connectivity index (χ3v) is 3.24. The molecule has 2 aliphatic heterocycles. The SMILES string of the molecule is C1CCCCN2CCOC2CCC1. The molecule has 1 atom stereocenters. The van der Waals surface area contributed by atoms with E-state index in [-0.39, 0.29) is 0 Å². The lowest BCUT2D eigenvalue weighted by molar-refractivity contribution is 0.0234. The Morgan fingerprint density at radius 1 is 0.846 bits per heavy atom. The molecule has 0 aliphatic carbocycles. The van der Waals surface area contributed by atoms with Crippen molar-refractivity contribution in [1.82, 2.24) is 4.90 Å². The van der Waals surface area contributed by atoms with Gasteiger partial charge in [-0.2, -0.15) is 0 Å². The van der Waals surface area contributed by atoms with Crippen molar-refractivity contribution in [3.63, 3.8) is 0 Å². The van der Waals surface area contributed by atoms with E-state index in [2.05, 4.69) is 4.90 Å². The van der Waals surface area contributed by atoms with Crippen LogP contribution in [0.3, 0.4) is 0 Å². The molecule has 2 heteroatoms. The summed E-state index contributed by atoms with van der Waals surface area (Å²) in [4.78, 5) is 2.53. The van der Waals surface area contributed by atoms with Gasteiger partial charge in [0.05, 0.1) is 6.61 Å². The predicted molar refractivity (Wildman–Crippen MR) is 53.6 cm³/mol. The van der Waals surface area contributed by atoms with Gasteiger partial charge in [-0.05, 0) is 19.3 Å². The Kier molecular flexibility index (Phi) is 3.62. The van der Waals surface area contributed by atoms with Gasteiger partial charge >= 0.3 is 0 Å². The third-order valence-electron chi connectivity index (χ3n) is 3.24. The normalized spacial score (nSPS) is 32.8. The van der Waals surface area contributed by atoms with Crippen LogP contribution in [0.1, 0.15) is 44.9 Å². The van der Waals surface area contributed by atoms with Gasteiger partial charge < -0.3 is 4.74 Å². The van der Waals surface area contributed by atoms with Crippen LogP contribution in [0.4, 0.5) is 0 Å². The lowest BCUT2D eigenvalue weighted by Gasteiger charge is -2.23. The lowest BCUT2D eigenvalue weighted by atomic mass is 10.1. The number of rotatable bonds is 0. The quantitative estimate of drug-likeness (QED) is 0.572. The molecule has 2 fully saturated rings. The Labute approximate surface area is 81.3 Å². The average molecular weight is 183 g/mol. The van der Waals surface area contributed by atoms with Crippen molar-refractivity contribution >= 4 is 0 Å². The van der Waals surface area contributed by atoms with Gasteiger partial charge in [-0.15, -0.1) is 0 Å². The molecule has 0 saturated carbocycles. The summed E-state index contributed by atoms with van der Waals surface area (Å²) in [7, 11) is 0. The number of hydrogen-bond donors (Lipinski definition) is 0. The standard InChI is InChI=1S/C11H21NO/c1-2-4-6-8-12-9-10-13-11(12)7-5-3-1/h11H,1-10H2. The summed E-state index contributed by atoms with van der Waals surface area (Å²) in [6, 6.07) is 0. The first-order valence-corrected chi connectivity index (χ1v) is 5.82. The van der Waals surface area contributed by atoms with Crippen LogP contribution in [0.2, 0.25) is 0 Å². The summed E-state index contributed by atoms with van der Waals surface area (Å²) in [5.74, 6) is 0. The third kappa shape index (κ3) is 2.68. The molecule has 0 spiro atoms. The van der Waals surface area contributed by atoms with E-state index in [4.69, 9.17) is 4.74 Å². The molecule has 0 aromatic heterocycles. The maximum Gasteiger partial charge on any atom is 0.110 e. The topological polar surface area (TPSA) is 12.5 Å². The van der Waals surface area contributed by atoms with Crippen LogP contribution in [0, 0.1) is 0 Å². The number of fused-ring (bicyclic) bond motifs is 1. The van der Waals surface area contributed by atoms with Crippen molar-refractivity contribution < 1.29 is 4.74 Å². The van der Waals surface area contributed by atoms with Crippen molar-refractivity contribution in [2.75, 3.05) is 19.7 Å². The highest BCUT2D eigenvalue weighted by molar-refractivity contribution is 4.70. The molecule has 0 bridgehead atoms. The van der Waals surface area contributed by atoms with Gasteiger partial charge in [0.15, 0.2) is 0 Å². The second-order valence-corrected chi connectivity index (χ2v) is 4.27. The van der Waals surface area contributed by atoms with Gasteiger partial charge in [0.1, 0.15) is 6.23 Å². The summed E-state index contributed by atoms with van der Waals surface area (Å²) in [6.45, 7) is 3.40. The highest BCUT2D eigenvalue weighted by Gasteiger charge is 2.24. The molecular weight excluding hydrogens is 162 g/mol. The van der Waals surface area contributed by atoms with Gasteiger partial charge in [0.25, 0.3) is 0 Å². The van der Waals surface area contributed by atoms with Crippen LogP contribution >= 0.6 is 0 Å². The van der Waals surface area contributed by atoms with E-state index in [1.165, 1.54) is 58.0 Å². The van der Waals surface area contributed by atoms with Crippen LogP contribution < -0.4 is 0 Å². The van der Waals surface area contributed by atoms with Crippen molar-refractivity contribution in [2.45, 2.75) is 51.2 Å². The van der Waals surface area contributed by atoms with Gasteiger partial charge in [0.2, 0.25) is 0 Å². The fourth-order valence-corrected chi connectivity index (χ4v) is 2.42. The predicted octanol–water partition coefficient (Wildman–Crippen LogP) is 2.39. The average Bonchev–Trinajstić information content (AvgIpc) is 2.59. The minimum absolute atomic E-state index is 0.470. The second kappa shape index (κ2) is 4.97. The maximum atomic E-state index is 5.71. The van der Waals surface area contributed by atoms with E-state index in [0.717, 1.165) is 6.61 Å². The zero-order valence-corrected chi connectivity index (χ0v) is 8.50. The fourth-order valence-electron chi connectivity index (χ4n) is 2.42. The van der Waals surface area contributed by atoms with E-state index in [1.807, 2.05) is 0 Å². The van der Waals surface area contributed by atoms with Crippen LogP contribution in [-0.2, 0) is 4.74 Å². The Balaban J connectivity index is 1.82. The van der Waals surface area contributed by atoms with Crippen LogP contribution in [0.15, 0.2) is 0 Å². The molecule has 2 aliphatic rings. The van der Waals surface area contributed by atoms with Crippen LogP contribution in [0.5, 0.6) is 0 Å². The Hall–Kier alpha value is -0.0800. The summed E-state index contributed by atoms with van der Waals surface area (Å²) >= 11 is 0. The van der Waals surface area contributed by atoms with Crippen LogP contribution in [0.25, 0.3) is 0 Å². The van der Waals surface area contributed by atoms with Crippen molar-refractivity contribution in [3.8, 4) is 0 Å². The van der Waals surface area contributed by atoms with Crippen LogP contribution in [-0.4, -0.2) is 30.8 Å². The number of ether oxygens (including phenoxy) is 1. The zero-order valence-electron chi connectivity index (χ0n) is 8.50. The van der Waals surface area contributed by atoms with Crippen molar-refractivity contribution in [1.29, 1.82) is 0 Å². The number of nitrogens with zero attached hydrogens (tertiary/aromatic N) is 1. The smallest absolute Gasteiger partial charge is 0.110 e. The van der Waals surface area contributed by atoms with E-state index < -0.39 is 0 Å². The summed E-state index contributed by atoms with van der Waals surface area (Å²) < 4.78 is 5.71. The molecule has 0 N–H and O–H groups in total. The first kappa shape index (κ1) is 9.47. The molecule has 0 amide bonds. The number of hydrogen-bond acceptors (Lipinski definition) is 2. The van der Waals surface area contributed by atoms with Crippen molar-refractivity contribution in [3.05, 3.63) is 0 Å². The molecule has 0 radical (unpaired) electrons. The molecule has 0 aromatic rings. The molecule has 1 unspecified atom stereocenters. The molecule has 2 nitrogen and oxygen atoms in total. The largest absolute Gasteiger partial charge is 0.362 e. The second-order valence-electron chi connectivity index (χ2n) is 4.27. The fraction of sp³-hybridized carbons (Fsp3) is 1.00. The van der Waals surface area contributed by atoms with Gasteiger partial charge in [-0.1, -0.05) is 25.7 Å². The molecule has 2 heterocycles. The Bertz CT molecular complexity index is 133. The van der Waals surface area contributed by atoms with E-state index in [0.29, 0.717) is 6.23 Å². The molecular formula is C11H21NO. The molecule has 13 heavy (non-hydrogen) atoms. The van der Waals surface area contributed by atoms with E-state index >= 15 is 0 Å². The molecule has 2 rings (SSSR count). The first-order valence-electron chi connectivity index (χ1n) is 5.82. The van der Waals surface area contributed by atoms with E-state index in [1.54, 1.807) is 0 Å². The van der Waals surface area contributed by atoms with Gasteiger partial charge in [0, 0.05) is 13.1 Å². The Morgan fingerprint density at radius 3 is 2.54 bits per heavy atom. The highest BCUT2D eigenvalue weighted by atomic mass is 16.5. The minimum Gasteiger partial charge on any atom is -0.362 e. The summed E-state index contributed by atoms with van der Waals surface area (Å²) in [6.07, 6.45) is 10.2. The lowest BCUT2D eigenvalue weighted by Crippen LogP contribution is -2.31. The van der Waals surface area contributed by atoms with E-state index in [9.17, 15) is 0 Å². The van der Waals surface area contributed by atoms with Crippen molar-refractivity contribution in [2.24, 2.45) is 0 Å². The highest BCUT2D eigenvalue weighted by Crippen LogP contribution is 2.20. The molecule has 0 aromatic carbocycles.